The van der Waals surface area contributed by atoms with Gasteiger partial charge in [-0.15, -0.1) is 0 Å². The third kappa shape index (κ3) is 10.6. The highest BCUT2D eigenvalue weighted by Gasteiger charge is 2.18. The van der Waals surface area contributed by atoms with Crippen molar-refractivity contribution in [3.8, 4) is 0 Å². The van der Waals surface area contributed by atoms with Gasteiger partial charge in [-0.3, -0.25) is 9.59 Å². The predicted molar refractivity (Wildman–Crippen MR) is 87.7 cm³/mol. The SMILES string of the molecule is CC(C)C(CCSCCC(CC(=O)O)C(C)C)CC(=O)O. The van der Waals surface area contributed by atoms with Gasteiger partial charge in [0.15, 0.2) is 0 Å². The molecule has 2 unspecified atom stereocenters. The Morgan fingerprint density at radius 1 is 0.810 bits per heavy atom. The maximum absolute atomic E-state index is 10.8. The quantitative estimate of drug-likeness (QED) is 0.532. The zero-order chi connectivity index (χ0) is 16.4. The van der Waals surface area contributed by atoms with E-state index in [0.717, 1.165) is 24.3 Å². The van der Waals surface area contributed by atoms with Crippen LogP contribution in [0.3, 0.4) is 0 Å². The molecular formula is C16H30O4S. The van der Waals surface area contributed by atoms with Crippen molar-refractivity contribution in [1.29, 1.82) is 0 Å². The van der Waals surface area contributed by atoms with E-state index in [9.17, 15) is 9.59 Å². The van der Waals surface area contributed by atoms with Gasteiger partial charge in [-0.05, 0) is 48.0 Å². The lowest BCUT2D eigenvalue weighted by Crippen LogP contribution is -2.16. The summed E-state index contributed by atoms with van der Waals surface area (Å²) in [7, 11) is 0. The van der Waals surface area contributed by atoms with Gasteiger partial charge in [-0.2, -0.15) is 11.8 Å². The fraction of sp³-hybridized carbons (Fsp3) is 0.875. The van der Waals surface area contributed by atoms with Crippen LogP contribution in [-0.2, 0) is 9.59 Å². The Morgan fingerprint density at radius 3 is 1.38 bits per heavy atom. The minimum atomic E-state index is -0.722. The molecule has 0 spiro atoms. The second-order valence-corrected chi connectivity index (χ2v) is 7.62. The summed E-state index contributed by atoms with van der Waals surface area (Å²) >= 11 is 1.81. The van der Waals surface area contributed by atoms with Gasteiger partial charge in [0, 0.05) is 12.8 Å². The van der Waals surface area contributed by atoms with E-state index in [2.05, 4.69) is 27.7 Å². The van der Waals surface area contributed by atoms with Crippen LogP contribution >= 0.6 is 11.8 Å². The van der Waals surface area contributed by atoms with Crippen molar-refractivity contribution in [2.24, 2.45) is 23.7 Å². The molecule has 0 radical (unpaired) electrons. The Morgan fingerprint density at radius 2 is 1.14 bits per heavy atom. The van der Waals surface area contributed by atoms with E-state index < -0.39 is 11.9 Å². The fourth-order valence-electron chi connectivity index (χ4n) is 2.36. The molecular weight excluding hydrogens is 288 g/mol. The Balaban J connectivity index is 3.96. The summed E-state index contributed by atoms with van der Waals surface area (Å²) < 4.78 is 0. The maximum Gasteiger partial charge on any atom is 0.303 e. The molecule has 0 rings (SSSR count). The van der Waals surface area contributed by atoms with Crippen LogP contribution in [0.25, 0.3) is 0 Å². The molecule has 5 heteroatoms. The van der Waals surface area contributed by atoms with Crippen molar-refractivity contribution >= 4 is 23.7 Å². The second-order valence-electron chi connectivity index (χ2n) is 6.39. The summed E-state index contributed by atoms with van der Waals surface area (Å²) in [4.78, 5) is 21.6. The van der Waals surface area contributed by atoms with Crippen molar-refractivity contribution < 1.29 is 19.8 Å². The Bertz CT molecular complexity index is 285. The number of carboxylic acid groups (broad SMARTS) is 2. The van der Waals surface area contributed by atoms with Crippen LogP contribution in [-0.4, -0.2) is 33.7 Å². The molecule has 4 nitrogen and oxygen atoms in total. The highest BCUT2D eigenvalue weighted by molar-refractivity contribution is 7.99. The van der Waals surface area contributed by atoms with Gasteiger partial charge in [0.1, 0.15) is 0 Å². The number of carbonyl (C=O) groups is 2. The number of rotatable bonds is 12. The topological polar surface area (TPSA) is 74.6 Å². The Kier molecular flexibility index (Phi) is 10.6. The first kappa shape index (κ1) is 20.3. The maximum atomic E-state index is 10.8. The number of carboxylic acids is 2. The van der Waals surface area contributed by atoms with Crippen molar-refractivity contribution in [2.45, 2.75) is 53.4 Å². The smallest absolute Gasteiger partial charge is 0.303 e. The van der Waals surface area contributed by atoms with E-state index in [4.69, 9.17) is 10.2 Å². The lowest BCUT2D eigenvalue weighted by atomic mass is 9.90. The average Bonchev–Trinajstić information content (AvgIpc) is 2.34. The molecule has 0 aliphatic heterocycles. The van der Waals surface area contributed by atoms with Crippen molar-refractivity contribution in [3.63, 3.8) is 0 Å². The summed E-state index contributed by atoms with van der Waals surface area (Å²) in [5.74, 6) is 1.70. The zero-order valence-corrected chi connectivity index (χ0v) is 14.5. The van der Waals surface area contributed by atoms with Gasteiger partial charge < -0.3 is 10.2 Å². The van der Waals surface area contributed by atoms with Crippen LogP contribution in [0.15, 0.2) is 0 Å². The van der Waals surface area contributed by atoms with Gasteiger partial charge in [-0.25, -0.2) is 0 Å². The van der Waals surface area contributed by atoms with Crippen molar-refractivity contribution in [1.82, 2.24) is 0 Å². The Labute approximate surface area is 132 Å². The highest BCUT2D eigenvalue weighted by Crippen LogP contribution is 2.25. The standard InChI is InChI=1S/C16H30O4S/c1-11(2)13(9-15(17)18)5-7-21-8-6-14(12(3)4)10-16(19)20/h11-14H,5-10H2,1-4H3,(H,17,18)(H,19,20). The van der Waals surface area contributed by atoms with E-state index in [1.807, 2.05) is 11.8 Å². The number of hydrogen-bond acceptors (Lipinski definition) is 3. The lowest BCUT2D eigenvalue weighted by molar-refractivity contribution is -0.139. The van der Waals surface area contributed by atoms with E-state index in [0.29, 0.717) is 11.8 Å². The zero-order valence-electron chi connectivity index (χ0n) is 13.7. The average molecular weight is 318 g/mol. The molecule has 21 heavy (non-hydrogen) atoms. The highest BCUT2D eigenvalue weighted by atomic mass is 32.2. The monoisotopic (exact) mass is 318 g/mol. The van der Waals surface area contributed by atoms with Crippen molar-refractivity contribution in [2.75, 3.05) is 11.5 Å². The molecule has 0 aromatic rings. The first-order chi connectivity index (χ1) is 9.73. The molecule has 0 aromatic heterocycles. The third-order valence-electron chi connectivity index (χ3n) is 4.03. The van der Waals surface area contributed by atoms with Gasteiger partial charge >= 0.3 is 11.9 Å². The van der Waals surface area contributed by atoms with E-state index in [1.54, 1.807) is 0 Å². The molecule has 0 saturated carbocycles. The summed E-state index contributed by atoms with van der Waals surface area (Å²) in [6, 6.07) is 0. The molecule has 0 heterocycles. The normalized spacial score (nSPS) is 14.4. The van der Waals surface area contributed by atoms with E-state index >= 15 is 0 Å². The van der Waals surface area contributed by atoms with Gasteiger partial charge in [0.25, 0.3) is 0 Å². The second kappa shape index (κ2) is 10.9. The predicted octanol–water partition coefficient (Wildman–Crippen LogP) is 3.99. The number of thioether (sulfide) groups is 1. The van der Waals surface area contributed by atoms with Crippen molar-refractivity contribution in [3.05, 3.63) is 0 Å². The summed E-state index contributed by atoms with van der Waals surface area (Å²) in [6.07, 6.45) is 2.32. The molecule has 0 bridgehead atoms. The Hall–Kier alpha value is -0.710. The van der Waals surface area contributed by atoms with E-state index in [-0.39, 0.29) is 24.7 Å². The summed E-state index contributed by atoms with van der Waals surface area (Å²) in [6.45, 7) is 8.28. The summed E-state index contributed by atoms with van der Waals surface area (Å²) in [5.41, 5.74) is 0. The molecule has 0 aliphatic carbocycles. The molecule has 0 amide bonds. The molecule has 0 saturated heterocycles. The van der Waals surface area contributed by atoms with Crippen LogP contribution in [0, 0.1) is 23.7 Å². The first-order valence-corrected chi connectivity index (χ1v) is 8.90. The van der Waals surface area contributed by atoms with Gasteiger partial charge in [0.05, 0.1) is 0 Å². The van der Waals surface area contributed by atoms with E-state index in [1.165, 1.54) is 0 Å². The minimum Gasteiger partial charge on any atom is -0.481 e. The minimum absolute atomic E-state index is 0.231. The van der Waals surface area contributed by atoms with Crippen LogP contribution in [0.1, 0.15) is 53.4 Å². The molecule has 124 valence electrons. The molecule has 2 atom stereocenters. The molecule has 0 aromatic carbocycles. The first-order valence-electron chi connectivity index (χ1n) is 7.75. The van der Waals surface area contributed by atoms with Crippen LogP contribution in [0.5, 0.6) is 0 Å². The largest absolute Gasteiger partial charge is 0.481 e. The molecule has 2 N–H and O–H groups in total. The van der Waals surface area contributed by atoms with Crippen LogP contribution in [0.4, 0.5) is 0 Å². The van der Waals surface area contributed by atoms with Crippen LogP contribution < -0.4 is 0 Å². The number of aliphatic carboxylic acids is 2. The molecule has 0 fully saturated rings. The molecule has 0 aliphatic rings. The third-order valence-corrected chi connectivity index (χ3v) is 5.07. The fourth-order valence-corrected chi connectivity index (χ4v) is 3.51. The lowest BCUT2D eigenvalue weighted by Gasteiger charge is -2.20. The number of hydrogen-bond donors (Lipinski definition) is 2. The summed E-state index contributed by atoms with van der Waals surface area (Å²) in [5, 5.41) is 17.8. The van der Waals surface area contributed by atoms with Gasteiger partial charge in [-0.1, -0.05) is 27.7 Å². The van der Waals surface area contributed by atoms with Gasteiger partial charge in [0.2, 0.25) is 0 Å². The van der Waals surface area contributed by atoms with Crippen LogP contribution in [0.2, 0.25) is 0 Å².